The van der Waals surface area contributed by atoms with Gasteiger partial charge in [0, 0.05) is 31.0 Å². The molecule has 1 unspecified atom stereocenters. The number of benzene rings is 1. The molecule has 0 aliphatic rings. The van der Waals surface area contributed by atoms with Crippen molar-refractivity contribution in [3.05, 3.63) is 32.7 Å². The summed E-state index contributed by atoms with van der Waals surface area (Å²) < 4.78 is 3.89. The average molecular weight is 342 g/mol. The lowest BCUT2D eigenvalue weighted by atomic mass is 10.0. The lowest BCUT2D eigenvalue weighted by Gasteiger charge is -2.13. The lowest BCUT2D eigenvalue weighted by Crippen LogP contribution is -2.19. The number of hydrogen-bond acceptors (Lipinski definition) is 3. The first-order valence-corrected chi connectivity index (χ1v) is 6.94. The van der Waals surface area contributed by atoms with Crippen LogP contribution in [0.3, 0.4) is 0 Å². The van der Waals surface area contributed by atoms with Crippen LogP contribution in [0.5, 0.6) is 0 Å². The molecule has 0 saturated carbocycles. The maximum atomic E-state index is 11.9. The number of imidazole rings is 1. The van der Waals surface area contributed by atoms with Crippen LogP contribution in [-0.4, -0.2) is 20.2 Å². The minimum atomic E-state index is -0.871. The second kappa shape index (κ2) is 5.41. The highest BCUT2D eigenvalue weighted by atomic mass is 79.9. The van der Waals surface area contributed by atoms with E-state index in [0.29, 0.717) is 6.42 Å². The highest BCUT2D eigenvalue weighted by Crippen LogP contribution is 2.29. The van der Waals surface area contributed by atoms with Gasteiger partial charge in [0.1, 0.15) is 0 Å². The third-order valence-electron chi connectivity index (χ3n) is 3.46. The number of carboxylic acid groups (broad SMARTS) is 1. The van der Waals surface area contributed by atoms with Crippen LogP contribution in [0.4, 0.5) is 0 Å². The van der Waals surface area contributed by atoms with Gasteiger partial charge in [-0.2, -0.15) is 0 Å². The Hall–Kier alpha value is -1.60. The van der Waals surface area contributed by atoms with Crippen LogP contribution in [0.15, 0.2) is 21.4 Å². The number of rotatable bonds is 4. The van der Waals surface area contributed by atoms with E-state index in [1.54, 1.807) is 23.2 Å². The Balaban J connectivity index is 2.50. The number of aliphatic carboxylic acids is 1. The highest BCUT2D eigenvalue weighted by molar-refractivity contribution is 9.10. The van der Waals surface area contributed by atoms with Gasteiger partial charge in [0.05, 0.1) is 11.0 Å². The number of halogens is 1. The predicted octanol–water partition coefficient (Wildman–Crippen LogP) is 1.50. The summed E-state index contributed by atoms with van der Waals surface area (Å²) in [6.45, 7) is 0. The molecule has 0 spiro atoms. The van der Waals surface area contributed by atoms with Crippen LogP contribution in [0.25, 0.3) is 11.0 Å². The average Bonchev–Trinajstić information content (AvgIpc) is 2.60. The van der Waals surface area contributed by atoms with Crippen molar-refractivity contribution in [1.82, 2.24) is 9.13 Å². The Morgan fingerprint density at radius 3 is 2.45 bits per heavy atom. The number of carboxylic acids is 1. The van der Waals surface area contributed by atoms with E-state index in [1.807, 2.05) is 12.1 Å². The van der Waals surface area contributed by atoms with Gasteiger partial charge >= 0.3 is 11.7 Å². The molecule has 0 fully saturated rings. The quantitative estimate of drug-likeness (QED) is 0.881. The molecule has 3 N–H and O–H groups in total. The fourth-order valence-corrected chi connectivity index (χ4v) is 2.88. The molecule has 6 nitrogen and oxygen atoms in total. The summed E-state index contributed by atoms with van der Waals surface area (Å²) in [7, 11) is 3.41. The van der Waals surface area contributed by atoms with Crippen LogP contribution in [0.2, 0.25) is 0 Å². The minimum absolute atomic E-state index is 0.0133. The minimum Gasteiger partial charge on any atom is -0.481 e. The molecule has 20 heavy (non-hydrogen) atoms. The van der Waals surface area contributed by atoms with Crippen molar-refractivity contribution in [2.45, 2.75) is 18.9 Å². The molecule has 2 rings (SSSR count). The van der Waals surface area contributed by atoms with Crippen LogP contribution in [-0.2, 0) is 18.9 Å². The second-order valence-corrected chi connectivity index (χ2v) is 5.66. The summed E-state index contributed by atoms with van der Waals surface area (Å²) in [5.41, 5.74) is 8.32. The number of aromatic nitrogens is 2. The van der Waals surface area contributed by atoms with Gasteiger partial charge in [-0.25, -0.2) is 4.79 Å². The summed E-state index contributed by atoms with van der Waals surface area (Å²) in [5.74, 6) is -0.871. The summed E-state index contributed by atoms with van der Waals surface area (Å²) in [5, 5.41) is 8.72. The third kappa shape index (κ3) is 2.51. The number of carbonyl (C=O) groups is 1. The monoisotopic (exact) mass is 341 g/mol. The SMILES string of the molecule is Cn1c(=O)n(C)c2cc(C(N)CCC(=O)O)c(Br)cc21. The first-order valence-electron chi connectivity index (χ1n) is 6.15. The fourth-order valence-electron chi connectivity index (χ4n) is 2.25. The fraction of sp³-hybridized carbons (Fsp3) is 0.385. The molecular formula is C13H16BrN3O3. The van der Waals surface area contributed by atoms with E-state index >= 15 is 0 Å². The largest absolute Gasteiger partial charge is 0.481 e. The number of nitrogens with zero attached hydrogens (tertiary/aromatic N) is 2. The van der Waals surface area contributed by atoms with Gasteiger partial charge in [0.2, 0.25) is 0 Å². The van der Waals surface area contributed by atoms with E-state index in [4.69, 9.17) is 10.8 Å². The molecule has 7 heteroatoms. The van der Waals surface area contributed by atoms with E-state index in [2.05, 4.69) is 15.9 Å². The van der Waals surface area contributed by atoms with E-state index < -0.39 is 5.97 Å². The molecule has 0 amide bonds. The van der Waals surface area contributed by atoms with Gasteiger partial charge in [-0.05, 0) is 24.1 Å². The zero-order valence-corrected chi connectivity index (χ0v) is 12.8. The van der Waals surface area contributed by atoms with Gasteiger partial charge in [0.25, 0.3) is 0 Å². The summed E-state index contributed by atoms with van der Waals surface area (Å²) in [4.78, 5) is 22.5. The zero-order chi connectivity index (χ0) is 15.0. The van der Waals surface area contributed by atoms with Crippen molar-refractivity contribution in [3.63, 3.8) is 0 Å². The van der Waals surface area contributed by atoms with Gasteiger partial charge in [-0.3, -0.25) is 13.9 Å². The third-order valence-corrected chi connectivity index (χ3v) is 4.15. The topological polar surface area (TPSA) is 90.3 Å². The Morgan fingerprint density at radius 2 is 1.90 bits per heavy atom. The van der Waals surface area contributed by atoms with E-state index in [0.717, 1.165) is 21.1 Å². The lowest BCUT2D eigenvalue weighted by molar-refractivity contribution is -0.137. The normalized spacial score (nSPS) is 12.8. The molecule has 2 aromatic rings. The Kier molecular flexibility index (Phi) is 4.01. The first-order chi connectivity index (χ1) is 9.32. The first kappa shape index (κ1) is 14.8. The molecule has 0 aliphatic heterocycles. The van der Waals surface area contributed by atoms with Gasteiger partial charge in [-0.15, -0.1) is 0 Å². The van der Waals surface area contributed by atoms with Crippen molar-refractivity contribution in [1.29, 1.82) is 0 Å². The molecule has 1 aromatic carbocycles. The summed E-state index contributed by atoms with van der Waals surface area (Å²) >= 11 is 3.44. The van der Waals surface area contributed by atoms with E-state index in [9.17, 15) is 9.59 Å². The van der Waals surface area contributed by atoms with Crippen LogP contribution in [0.1, 0.15) is 24.4 Å². The Morgan fingerprint density at radius 1 is 1.35 bits per heavy atom. The van der Waals surface area contributed by atoms with Gasteiger partial charge in [0.15, 0.2) is 0 Å². The van der Waals surface area contributed by atoms with E-state index in [-0.39, 0.29) is 18.2 Å². The Labute approximate surface area is 123 Å². The van der Waals surface area contributed by atoms with Crippen LogP contribution >= 0.6 is 15.9 Å². The molecule has 0 radical (unpaired) electrons. The molecule has 1 heterocycles. The molecule has 0 bridgehead atoms. The second-order valence-electron chi connectivity index (χ2n) is 4.80. The number of nitrogens with two attached hydrogens (primary N) is 1. The number of aryl methyl sites for hydroxylation is 2. The molecule has 1 aromatic heterocycles. The number of hydrogen-bond donors (Lipinski definition) is 2. The molecular weight excluding hydrogens is 326 g/mol. The smallest absolute Gasteiger partial charge is 0.328 e. The number of fused-ring (bicyclic) bond motifs is 1. The zero-order valence-electron chi connectivity index (χ0n) is 11.3. The summed E-state index contributed by atoms with van der Waals surface area (Å²) in [6, 6.07) is 3.29. The van der Waals surface area contributed by atoms with E-state index in [1.165, 1.54) is 0 Å². The van der Waals surface area contributed by atoms with Crippen molar-refractivity contribution in [2.24, 2.45) is 19.8 Å². The van der Waals surface area contributed by atoms with Crippen LogP contribution in [0, 0.1) is 0 Å². The summed E-state index contributed by atoms with van der Waals surface area (Å²) in [6.07, 6.45) is 0.361. The van der Waals surface area contributed by atoms with Crippen molar-refractivity contribution < 1.29 is 9.90 Å². The van der Waals surface area contributed by atoms with Gasteiger partial charge in [-0.1, -0.05) is 15.9 Å². The molecule has 0 saturated heterocycles. The van der Waals surface area contributed by atoms with Crippen molar-refractivity contribution in [2.75, 3.05) is 0 Å². The van der Waals surface area contributed by atoms with Crippen molar-refractivity contribution >= 4 is 32.9 Å². The van der Waals surface area contributed by atoms with Crippen molar-refractivity contribution in [3.8, 4) is 0 Å². The molecule has 108 valence electrons. The predicted molar refractivity (Wildman–Crippen MR) is 79.7 cm³/mol. The molecule has 1 atom stereocenters. The maximum absolute atomic E-state index is 11.9. The van der Waals surface area contributed by atoms with Crippen LogP contribution < -0.4 is 11.4 Å². The maximum Gasteiger partial charge on any atom is 0.328 e. The highest BCUT2D eigenvalue weighted by Gasteiger charge is 2.16. The molecule has 0 aliphatic carbocycles. The van der Waals surface area contributed by atoms with Gasteiger partial charge < -0.3 is 10.8 Å². The Bertz CT molecular complexity index is 733. The standard InChI is InChI=1S/C13H16BrN3O3/c1-16-10-5-7(9(15)3-4-12(18)19)8(14)6-11(10)17(2)13(16)20/h5-6,9H,3-4,15H2,1-2H3,(H,18,19).